The van der Waals surface area contributed by atoms with Gasteiger partial charge in [-0.25, -0.2) is 0 Å². The van der Waals surface area contributed by atoms with E-state index in [4.69, 9.17) is 4.55 Å². The van der Waals surface area contributed by atoms with E-state index in [1.807, 2.05) is 5.32 Å². The van der Waals surface area contributed by atoms with E-state index >= 15 is 0 Å². The molecular formula is C10H7NNaO5S. The van der Waals surface area contributed by atoms with Crippen LogP contribution >= 0.6 is 0 Å². The molecule has 0 aromatic heterocycles. The fraction of sp³-hybridized carbons (Fsp3) is 0. The van der Waals surface area contributed by atoms with Crippen molar-refractivity contribution >= 4 is 57.1 Å². The van der Waals surface area contributed by atoms with Gasteiger partial charge in [-0.1, -0.05) is 30.3 Å². The predicted octanol–water partition coefficient (Wildman–Crippen LogP) is -0.439. The number of carbonyl (C=O) groups is 2. The van der Waals surface area contributed by atoms with Crippen molar-refractivity contribution in [3.8, 4) is 0 Å². The topological polar surface area (TPSA) is 101 Å². The van der Waals surface area contributed by atoms with Gasteiger partial charge in [0.2, 0.25) is 0 Å². The monoisotopic (exact) mass is 276 g/mol. The van der Waals surface area contributed by atoms with Gasteiger partial charge in [0.25, 0.3) is 11.8 Å². The number of hydrogen-bond acceptors (Lipinski definition) is 4. The van der Waals surface area contributed by atoms with Gasteiger partial charge >= 0.3 is 10.1 Å². The molecular weight excluding hydrogens is 269 g/mol. The van der Waals surface area contributed by atoms with E-state index in [2.05, 4.69) is 0 Å². The van der Waals surface area contributed by atoms with Gasteiger partial charge in [-0.15, -0.1) is 0 Å². The summed E-state index contributed by atoms with van der Waals surface area (Å²) in [5.41, 5.74) is -0.0819. The third-order valence-corrected chi connectivity index (χ3v) is 3.11. The van der Waals surface area contributed by atoms with Crippen molar-refractivity contribution in [3.05, 3.63) is 40.8 Å². The summed E-state index contributed by atoms with van der Waals surface area (Å²) in [6.45, 7) is 0. The maximum absolute atomic E-state index is 11.5. The zero-order valence-electron chi connectivity index (χ0n) is 9.38. The molecule has 2 N–H and O–H groups in total. The molecule has 0 saturated carbocycles. The number of nitrogens with one attached hydrogen (secondary N) is 1. The number of hydrogen-bond donors (Lipinski definition) is 2. The summed E-state index contributed by atoms with van der Waals surface area (Å²) >= 11 is 0. The molecule has 1 aromatic rings. The Morgan fingerprint density at radius 1 is 1.00 bits per heavy atom. The molecule has 0 bridgehead atoms. The Morgan fingerprint density at radius 2 is 1.56 bits per heavy atom. The third-order valence-electron chi connectivity index (χ3n) is 2.21. The van der Waals surface area contributed by atoms with Crippen LogP contribution in [0.2, 0.25) is 0 Å². The Bertz CT molecular complexity index is 635. The molecule has 1 aliphatic heterocycles. The Labute approximate surface area is 125 Å². The molecule has 1 aromatic carbocycles. The summed E-state index contributed by atoms with van der Waals surface area (Å²) in [5, 5.41) is 1.83. The summed E-state index contributed by atoms with van der Waals surface area (Å²) in [6, 6.07) is 7.78. The summed E-state index contributed by atoms with van der Waals surface area (Å²) in [5.74, 6) is -1.95. The molecule has 18 heavy (non-hydrogen) atoms. The molecule has 0 aliphatic carbocycles. The predicted molar refractivity (Wildman–Crippen MR) is 63.8 cm³/mol. The zero-order chi connectivity index (χ0) is 12.6. The van der Waals surface area contributed by atoms with E-state index in [1.165, 1.54) is 12.1 Å². The summed E-state index contributed by atoms with van der Waals surface area (Å²) < 4.78 is 31.1. The second-order valence-corrected chi connectivity index (χ2v) is 4.69. The van der Waals surface area contributed by atoms with Crippen molar-refractivity contribution in [2.45, 2.75) is 0 Å². The van der Waals surface area contributed by atoms with E-state index < -0.39 is 26.8 Å². The quantitative estimate of drug-likeness (QED) is 0.433. The van der Waals surface area contributed by atoms with Gasteiger partial charge in [0.15, 0.2) is 4.91 Å². The number of imide groups is 1. The molecule has 89 valence electrons. The number of benzene rings is 1. The van der Waals surface area contributed by atoms with E-state index in [1.54, 1.807) is 18.2 Å². The summed E-state index contributed by atoms with van der Waals surface area (Å²) in [6.07, 6.45) is 0. The van der Waals surface area contributed by atoms with Gasteiger partial charge in [-0.05, 0) is 5.56 Å². The van der Waals surface area contributed by atoms with Gasteiger partial charge in [0.05, 0.1) is 5.57 Å². The van der Waals surface area contributed by atoms with Crippen LogP contribution in [-0.4, -0.2) is 54.3 Å². The molecule has 8 heteroatoms. The first kappa shape index (κ1) is 15.1. The molecule has 0 fully saturated rings. The van der Waals surface area contributed by atoms with Crippen molar-refractivity contribution in [3.63, 3.8) is 0 Å². The van der Waals surface area contributed by atoms with Crippen LogP contribution in [0.1, 0.15) is 5.56 Å². The van der Waals surface area contributed by atoms with Gasteiger partial charge in [0, 0.05) is 29.6 Å². The number of amides is 2. The third kappa shape index (κ3) is 2.70. The fourth-order valence-corrected chi connectivity index (χ4v) is 2.31. The first-order valence-corrected chi connectivity index (χ1v) is 5.98. The van der Waals surface area contributed by atoms with E-state index in [-0.39, 0.29) is 40.7 Å². The summed E-state index contributed by atoms with van der Waals surface area (Å²) in [7, 11) is -4.74. The molecule has 1 heterocycles. The Balaban J connectivity index is 0.00000162. The largest absolute Gasteiger partial charge is 0.300 e. The maximum atomic E-state index is 11.5. The van der Waals surface area contributed by atoms with Gasteiger partial charge in [0.1, 0.15) is 0 Å². The van der Waals surface area contributed by atoms with E-state index in [9.17, 15) is 18.0 Å². The fourth-order valence-electron chi connectivity index (χ4n) is 1.55. The normalized spacial score (nSPS) is 15.4. The van der Waals surface area contributed by atoms with Crippen LogP contribution in [-0.2, 0) is 19.7 Å². The van der Waals surface area contributed by atoms with Crippen LogP contribution < -0.4 is 5.32 Å². The van der Waals surface area contributed by atoms with Crippen LogP contribution in [0.15, 0.2) is 35.2 Å². The minimum atomic E-state index is -4.74. The molecule has 0 unspecified atom stereocenters. The van der Waals surface area contributed by atoms with Crippen LogP contribution in [0.3, 0.4) is 0 Å². The van der Waals surface area contributed by atoms with Crippen molar-refractivity contribution in [1.29, 1.82) is 0 Å². The van der Waals surface area contributed by atoms with Crippen LogP contribution in [0, 0.1) is 0 Å². The van der Waals surface area contributed by atoms with Gasteiger partial charge in [-0.3, -0.25) is 19.5 Å². The first-order valence-electron chi connectivity index (χ1n) is 4.54. The zero-order valence-corrected chi connectivity index (χ0v) is 12.2. The minimum Gasteiger partial charge on any atom is -0.287 e. The Hall–Kier alpha value is -0.990. The summed E-state index contributed by atoms with van der Waals surface area (Å²) in [4.78, 5) is 21.9. The van der Waals surface area contributed by atoms with Gasteiger partial charge < -0.3 is 0 Å². The Kier molecular flexibility index (Phi) is 4.46. The maximum Gasteiger partial charge on any atom is 0.300 e. The molecule has 6 nitrogen and oxygen atoms in total. The molecule has 0 atom stereocenters. The SMILES string of the molecule is O=C1NC(=O)C(S(=O)(=O)O)=C1c1ccccc1.[Na]. The van der Waals surface area contributed by atoms with Crippen molar-refractivity contribution in [1.82, 2.24) is 5.32 Å². The molecule has 1 radical (unpaired) electrons. The first-order chi connectivity index (χ1) is 7.91. The van der Waals surface area contributed by atoms with Crippen molar-refractivity contribution in [2.75, 3.05) is 0 Å². The van der Waals surface area contributed by atoms with E-state index in [0.29, 0.717) is 0 Å². The molecule has 0 spiro atoms. The van der Waals surface area contributed by atoms with Crippen LogP contribution in [0.4, 0.5) is 0 Å². The van der Waals surface area contributed by atoms with Gasteiger partial charge in [-0.2, -0.15) is 8.42 Å². The smallest absolute Gasteiger partial charge is 0.287 e. The molecule has 2 amide bonds. The van der Waals surface area contributed by atoms with Crippen LogP contribution in [0.5, 0.6) is 0 Å². The molecule has 1 aliphatic rings. The number of carbonyl (C=O) groups excluding carboxylic acids is 2. The second kappa shape index (κ2) is 5.33. The average molecular weight is 276 g/mol. The van der Waals surface area contributed by atoms with Crippen molar-refractivity contribution < 1.29 is 22.6 Å². The average Bonchev–Trinajstić information content (AvgIpc) is 2.54. The standard InChI is InChI=1S/C10H7NO5S.Na/c12-9-7(6-4-2-1-3-5-6)8(10(13)11-9)17(14,15)16;/h1-5H,(H,11,12,13)(H,14,15,16);. The van der Waals surface area contributed by atoms with Crippen molar-refractivity contribution in [2.24, 2.45) is 0 Å². The van der Waals surface area contributed by atoms with Crippen LogP contribution in [0.25, 0.3) is 5.57 Å². The Morgan fingerprint density at radius 3 is 2.06 bits per heavy atom. The molecule has 2 rings (SSSR count). The minimum absolute atomic E-state index is 0. The second-order valence-electron chi connectivity index (χ2n) is 3.33. The number of rotatable bonds is 2. The molecule has 0 saturated heterocycles. The van der Waals surface area contributed by atoms with E-state index in [0.717, 1.165) is 0 Å².